The van der Waals surface area contributed by atoms with E-state index in [1.54, 1.807) is 24.3 Å². The molecule has 14 heavy (non-hydrogen) atoms. The van der Waals surface area contributed by atoms with Crippen molar-refractivity contribution in [1.82, 2.24) is 0 Å². The zero-order valence-electron chi connectivity index (χ0n) is 7.52. The number of aliphatic hydroxyl groups excluding tert-OH is 1. The van der Waals surface area contributed by atoms with Gasteiger partial charge in [-0.05, 0) is 12.1 Å². The van der Waals surface area contributed by atoms with Crippen molar-refractivity contribution in [3.05, 3.63) is 35.9 Å². The Hall–Kier alpha value is -1.06. The van der Waals surface area contributed by atoms with Crippen LogP contribution in [0.5, 0.6) is 0 Å². The summed E-state index contributed by atoms with van der Waals surface area (Å²) in [6, 6.07) is 8.58. The largest absolute Gasteiger partial charge is 0.455 e. The van der Waals surface area contributed by atoms with Gasteiger partial charge in [0.25, 0.3) is 0 Å². The summed E-state index contributed by atoms with van der Waals surface area (Å²) in [5.41, 5.74) is 0.455. The smallest absolute Gasteiger partial charge is 0.338 e. The number of carbonyl (C=O) groups excluding carboxylic acids is 1. The van der Waals surface area contributed by atoms with E-state index in [0.717, 1.165) is 0 Å². The summed E-state index contributed by atoms with van der Waals surface area (Å²) in [6.45, 7) is -0.262. The highest BCUT2D eigenvalue weighted by Gasteiger charge is 2.13. The summed E-state index contributed by atoms with van der Waals surface area (Å²) in [6.07, 6.45) is -0.635. The Balaban J connectivity index is 2.59. The molecular weight excluding hydrogens is 204 g/mol. The fraction of sp³-hybridized carbons (Fsp3) is 0.300. The van der Waals surface area contributed by atoms with Crippen LogP contribution < -0.4 is 0 Å². The minimum atomic E-state index is -0.635. The van der Waals surface area contributed by atoms with Crippen molar-refractivity contribution < 1.29 is 14.6 Å². The summed E-state index contributed by atoms with van der Waals surface area (Å²) in [5.74, 6) is -0.375. The van der Waals surface area contributed by atoms with E-state index in [2.05, 4.69) is 0 Å². The molecule has 0 fully saturated rings. The average Bonchev–Trinajstić information content (AvgIpc) is 2.26. The molecule has 1 unspecified atom stereocenters. The predicted molar refractivity (Wildman–Crippen MR) is 53.5 cm³/mol. The van der Waals surface area contributed by atoms with Crippen molar-refractivity contribution in [2.75, 3.05) is 12.5 Å². The Morgan fingerprint density at radius 1 is 1.43 bits per heavy atom. The quantitative estimate of drug-likeness (QED) is 0.610. The molecule has 0 saturated heterocycles. The lowest BCUT2D eigenvalue weighted by molar-refractivity contribution is 0.0206. The molecule has 1 atom stereocenters. The Morgan fingerprint density at radius 2 is 2.07 bits per heavy atom. The number of esters is 1. The number of hydrogen-bond acceptors (Lipinski definition) is 3. The van der Waals surface area contributed by atoms with E-state index in [0.29, 0.717) is 5.56 Å². The van der Waals surface area contributed by atoms with Gasteiger partial charge in [-0.1, -0.05) is 18.2 Å². The van der Waals surface area contributed by atoms with E-state index in [9.17, 15) is 4.79 Å². The van der Waals surface area contributed by atoms with Crippen LogP contribution in [0.1, 0.15) is 10.4 Å². The zero-order chi connectivity index (χ0) is 10.4. The van der Waals surface area contributed by atoms with E-state index < -0.39 is 12.1 Å². The third-order valence-corrected chi connectivity index (χ3v) is 2.00. The molecule has 1 aromatic rings. The van der Waals surface area contributed by atoms with E-state index >= 15 is 0 Å². The maximum atomic E-state index is 11.4. The van der Waals surface area contributed by atoms with Crippen LogP contribution in [-0.2, 0) is 4.74 Å². The monoisotopic (exact) mass is 214 g/mol. The number of ether oxygens (including phenoxy) is 1. The minimum absolute atomic E-state index is 0.0923. The summed E-state index contributed by atoms with van der Waals surface area (Å²) < 4.78 is 4.91. The number of rotatable bonds is 4. The third-order valence-electron chi connectivity index (χ3n) is 1.66. The molecule has 1 aromatic carbocycles. The number of hydrogen-bond donors (Lipinski definition) is 1. The molecule has 0 radical (unpaired) electrons. The number of benzene rings is 1. The molecular formula is C10H11ClO3. The second-order valence-corrected chi connectivity index (χ2v) is 3.04. The Bertz CT molecular complexity index is 283. The van der Waals surface area contributed by atoms with Gasteiger partial charge < -0.3 is 9.84 Å². The third kappa shape index (κ3) is 3.01. The van der Waals surface area contributed by atoms with E-state index in [1.165, 1.54) is 0 Å². The summed E-state index contributed by atoms with van der Waals surface area (Å²) in [4.78, 5) is 11.4. The van der Waals surface area contributed by atoms with Crippen LogP contribution in [0.4, 0.5) is 0 Å². The highest BCUT2D eigenvalue weighted by molar-refractivity contribution is 6.18. The first-order valence-electron chi connectivity index (χ1n) is 4.20. The van der Waals surface area contributed by atoms with Crippen LogP contribution in [0.2, 0.25) is 0 Å². The van der Waals surface area contributed by atoms with Crippen LogP contribution in [0.25, 0.3) is 0 Å². The van der Waals surface area contributed by atoms with Gasteiger partial charge in [0, 0.05) is 0 Å². The topological polar surface area (TPSA) is 46.5 Å². The highest BCUT2D eigenvalue weighted by atomic mass is 35.5. The van der Waals surface area contributed by atoms with E-state index in [4.69, 9.17) is 21.4 Å². The van der Waals surface area contributed by atoms with Gasteiger partial charge in [-0.25, -0.2) is 4.79 Å². The van der Waals surface area contributed by atoms with Gasteiger partial charge in [0.15, 0.2) is 0 Å². The van der Waals surface area contributed by atoms with Crippen molar-refractivity contribution in [2.45, 2.75) is 6.10 Å². The van der Waals surface area contributed by atoms with Crippen LogP contribution in [0.15, 0.2) is 30.3 Å². The SMILES string of the molecule is O=C(OC(CO)CCl)c1ccccc1. The van der Waals surface area contributed by atoms with Crippen LogP contribution in [0.3, 0.4) is 0 Å². The average molecular weight is 215 g/mol. The molecule has 0 aliphatic carbocycles. The van der Waals surface area contributed by atoms with Crippen LogP contribution >= 0.6 is 11.6 Å². The van der Waals surface area contributed by atoms with E-state index in [1.807, 2.05) is 6.07 Å². The summed E-state index contributed by atoms with van der Waals surface area (Å²) in [7, 11) is 0. The lowest BCUT2D eigenvalue weighted by Crippen LogP contribution is -2.23. The molecule has 1 rings (SSSR count). The Labute approximate surface area is 87.3 Å². The molecule has 4 heteroatoms. The molecule has 0 saturated carbocycles. The molecule has 3 nitrogen and oxygen atoms in total. The molecule has 0 spiro atoms. The predicted octanol–water partition coefficient (Wildman–Crippen LogP) is 1.44. The molecule has 1 N–H and O–H groups in total. The number of carbonyl (C=O) groups is 1. The number of alkyl halides is 1. The summed E-state index contributed by atoms with van der Waals surface area (Å²) in [5, 5.41) is 8.76. The van der Waals surface area contributed by atoms with Crippen molar-refractivity contribution in [3.8, 4) is 0 Å². The van der Waals surface area contributed by atoms with Crippen LogP contribution in [-0.4, -0.2) is 29.7 Å². The maximum Gasteiger partial charge on any atom is 0.338 e. The van der Waals surface area contributed by atoms with Crippen molar-refractivity contribution in [1.29, 1.82) is 0 Å². The first-order valence-corrected chi connectivity index (χ1v) is 4.74. The first-order chi connectivity index (χ1) is 6.77. The maximum absolute atomic E-state index is 11.4. The van der Waals surface area contributed by atoms with Gasteiger partial charge >= 0.3 is 5.97 Å². The van der Waals surface area contributed by atoms with E-state index in [-0.39, 0.29) is 12.5 Å². The Kier molecular flexibility index (Phi) is 4.43. The van der Waals surface area contributed by atoms with Crippen molar-refractivity contribution >= 4 is 17.6 Å². The summed E-state index contributed by atoms with van der Waals surface area (Å²) >= 11 is 5.46. The molecule has 0 bridgehead atoms. The number of aliphatic hydroxyl groups is 1. The number of halogens is 1. The highest BCUT2D eigenvalue weighted by Crippen LogP contribution is 2.04. The minimum Gasteiger partial charge on any atom is -0.455 e. The zero-order valence-corrected chi connectivity index (χ0v) is 8.28. The molecule has 0 heterocycles. The lowest BCUT2D eigenvalue weighted by atomic mass is 10.2. The fourth-order valence-corrected chi connectivity index (χ4v) is 1.07. The van der Waals surface area contributed by atoms with Gasteiger partial charge in [0.1, 0.15) is 6.10 Å². The molecule has 0 aliphatic rings. The molecule has 0 amide bonds. The molecule has 0 aliphatic heterocycles. The second-order valence-electron chi connectivity index (χ2n) is 2.73. The van der Waals surface area contributed by atoms with Gasteiger partial charge in [-0.3, -0.25) is 0 Å². The second kappa shape index (κ2) is 5.62. The standard InChI is InChI=1S/C10H11ClO3/c11-6-9(7-12)14-10(13)8-4-2-1-3-5-8/h1-5,9,12H,6-7H2. The Morgan fingerprint density at radius 3 is 2.57 bits per heavy atom. The van der Waals surface area contributed by atoms with Crippen molar-refractivity contribution in [2.24, 2.45) is 0 Å². The van der Waals surface area contributed by atoms with Gasteiger partial charge in [-0.15, -0.1) is 11.6 Å². The van der Waals surface area contributed by atoms with Gasteiger partial charge in [0.05, 0.1) is 18.1 Å². The van der Waals surface area contributed by atoms with Crippen molar-refractivity contribution in [3.63, 3.8) is 0 Å². The first kappa shape index (κ1) is 11.0. The van der Waals surface area contributed by atoms with Crippen LogP contribution in [0, 0.1) is 0 Å². The van der Waals surface area contributed by atoms with Gasteiger partial charge in [0.2, 0.25) is 0 Å². The molecule has 76 valence electrons. The fourth-order valence-electron chi connectivity index (χ4n) is 0.911. The molecule has 0 aromatic heterocycles. The lowest BCUT2D eigenvalue weighted by Gasteiger charge is -2.11. The van der Waals surface area contributed by atoms with Gasteiger partial charge in [-0.2, -0.15) is 0 Å². The normalized spacial score (nSPS) is 12.1.